The van der Waals surface area contributed by atoms with E-state index in [1.807, 2.05) is 6.07 Å². The van der Waals surface area contributed by atoms with E-state index in [0.29, 0.717) is 49.6 Å². The second kappa shape index (κ2) is 7.65. The van der Waals surface area contributed by atoms with Gasteiger partial charge in [-0.1, -0.05) is 0 Å². The molecule has 0 unspecified atom stereocenters. The smallest absolute Gasteiger partial charge is 0.341 e. The van der Waals surface area contributed by atoms with Crippen molar-refractivity contribution in [2.75, 3.05) is 13.7 Å². The molecular weight excluding hydrogens is 350 g/mol. The minimum absolute atomic E-state index is 0.124. The molecule has 1 aromatic carbocycles. The van der Waals surface area contributed by atoms with Gasteiger partial charge in [-0.05, 0) is 37.5 Å². The average molecular weight is 371 g/mol. The molecule has 0 saturated heterocycles. The molecular formula is C20H21NO6. The van der Waals surface area contributed by atoms with Gasteiger partial charge in [0.1, 0.15) is 11.3 Å². The Kier molecular flexibility index (Phi) is 5.30. The quantitative estimate of drug-likeness (QED) is 0.752. The topological polar surface area (TPSA) is 94.8 Å². The van der Waals surface area contributed by atoms with Crippen LogP contribution in [0.3, 0.4) is 0 Å². The van der Waals surface area contributed by atoms with Crippen molar-refractivity contribution in [1.29, 1.82) is 0 Å². The summed E-state index contributed by atoms with van der Waals surface area (Å²) >= 11 is 0. The minimum Gasteiger partial charge on any atom is -0.493 e. The summed E-state index contributed by atoms with van der Waals surface area (Å²) in [7, 11) is 1.54. The first kappa shape index (κ1) is 18.7. The van der Waals surface area contributed by atoms with Crippen LogP contribution in [-0.2, 0) is 17.8 Å². The minimum atomic E-state index is -1.23. The summed E-state index contributed by atoms with van der Waals surface area (Å²) < 4.78 is 13.0. The van der Waals surface area contributed by atoms with Crippen molar-refractivity contribution in [2.24, 2.45) is 0 Å². The molecule has 0 spiro atoms. The predicted molar refractivity (Wildman–Crippen MR) is 98.8 cm³/mol. The van der Waals surface area contributed by atoms with E-state index in [0.717, 1.165) is 11.1 Å². The molecule has 0 bridgehead atoms. The molecule has 0 amide bonds. The van der Waals surface area contributed by atoms with Gasteiger partial charge in [0.05, 0.1) is 19.4 Å². The van der Waals surface area contributed by atoms with Crippen LogP contribution in [0.4, 0.5) is 0 Å². The van der Waals surface area contributed by atoms with Crippen LogP contribution in [0.1, 0.15) is 35.7 Å². The number of carboxylic acids is 1. The Morgan fingerprint density at radius 1 is 1.22 bits per heavy atom. The van der Waals surface area contributed by atoms with Crippen molar-refractivity contribution in [2.45, 2.75) is 32.7 Å². The van der Waals surface area contributed by atoms with Gasteiger partial charge in [0.15, 0.2) is 16.9 Å². The summed E-state index contributed by atoms with van der Waals surface area (Å²) in [4.78, 5) is 34.3. The van der Waals surface area contributed by atoms with Crippen LogP contribution >= 0.6 is 0 Å². The van der Waals surface area contributed by atoms with Crippen LogP contribution in [0.25, 0.3) is 11.3 Å². The first-order chi connectivity index (χ1) is 12.9. The van der Waals surface area contributed by atoms with Gasteiger partial charge in [-0.2, -0.15) is 0 Å². The van der Waals surface area contributed by atoms with Crippen LogP contribution < -0.4 is 14.9 Å². The number of Topliss-reactive ketones (excluding diaryl/α,β-unsaturated/α-hetero) is 1. The van der Waals surface area contributed by atoms with Gasteiger partial charge >= 0.3 is 5.97 Å². The van der Waals surface area contributed by atoms with Crippen molar-refractivity contribution in [3.05, 3.63) is 45.7 Å². The van der Waals surface area contributed by atoms with Crippen LogP contribution in [0.5, 0.6) is 11.5 Å². The number of carboxylic acid groups (broad SMARTS) is 1. The van der Waals surface area contributed by atoms with Crippen LogP contribution in [-0.4, -0.2) is 35.1 Å². The van der Waals surface area contributed by atoms with E-state index in [9.17, 15) is 14.4 Å². The average Bonchev–Trinajstić information content (AvgIpc) is 2.63. The monoisotopic (exact) mass is 371 g/mol. The fraction of sp³-hybridized carbons (Fsp3) is 0.350. The number of hydrogen-bond acceptors (Lipinski definition) is 5. The molecule has 1 aliphatic rings. The molecule has 2 aromatic rings. The first-order valence-corrected chi connectivity index (χ1v) is 8.72. The van der Waals surface area contributed by atoms with Gasteiger partial charge in [0, 0.05) is 30.8 Å². The zero-order valence-corrected chi connectivity index (χ0v) is 15.3. The fourth-order valence-corrected chi connectivity index (χ4v) is 3.22. The second-order valence-corrected chi connectivity index (χ2v) is 6.50. The number of hydrogen-bond donors (Lipinski definition) is 1. The van der Waals surface area contributed by atoms with Gasteiger partial charge < -0.3 is 23.9 Å². The van der Waals surface area contributed by atoms with E-state index in [1.54, 1.807) is 17.6 Å². The normalized spacial score (nSPS) is 12.1. The summed E-state index contributed by atoms with van der Waals surface area (Å²) in [6, 6.07) is 5.05. The number of ketones is 1. The van der Waals surface area contributed by atoms with Crippen LogP contribution in [0, 0.1) is 0 Å². The number of aromatic carboxylic acids is 1. The van der Waals surface area contributed by atoms with E-state index in [-0.39, 0.29) is 11.3 Å². The number of ether oxygens (including phenoxy) is 2. The number of benzene rings is 1. The lowest BCUT2D eigenvalue weighted by atomic mass is 9.96. The maximum absolute atomic E-state index is 12.1. The largest absolute Gasteiger partial charge is 0.493 e. The Hall–Kier alpha value is -3.09. The van der Waals surface area contributed by atoms with Gasteiger partial charge in [0.25, 0.3) is 0 Å². The zero-order chi connectivity index (χ0) is 19.6. The first-order valence-electron chi connectivity index (χ1n) is 8.72. The van der Waals surface area contributed by atoms with Gasteiger partial charge in [0.2, 0.25) is 0 Å². The number of rotatable bonds is 7. The Morgan fingerprint density at radius 2 is 2.00 bits per heavy atom. The molecule has 0 saturated carbocycles. The highest BCUT2D eigenvalue weighted by Gasteiger charge is 2.22. The second-order valence-electron chi connectivity index (χ2n) is 6.50. The van der Waals surface area contributed by atoms with E-state index in [2.05, 4.69) is 0 Å². The number of pyridine rings is 1. The summed E-state index contributed by atoms with van der Waals surface area (Å²) in [6.07, 6.45) is 3.17. The Morgan fingerprint density at radius 3 is 2.67 bits per heavy atom. The zero-order valence-electron chi connectivity index (χ0n) is 15.3. The number of carbonyl (C=O) groups excluding carboxylic acids is 1. The third-order valence-electron chi connectivity index (χ3n) is 4.58. The lowest BCUT2D eigenvalue weighted by Crippen LogP contribution is -2.22. The molecule has 1 aliphatic heterocycles. The number of fused-ring (bicyclic) bond motifs is 3. The molecule has 1 N–H and O–H groups in total. The number of methoxy groups -OCH3 is 1. The summed E-state index contributed by atoms with van der Waals surface area (Å²) in [5, 5.41) is 9.15. The number of carbonyl (C=O) groups is 2. The summed E-state index contributed by atoms with van der Waals surface area (Å²) in [5.41, 5.74) is 1.72. The maximum Gasteiger partial charge on any atom is 0.341 e. The van der Waals surface area contributed by atoms with Crippen molar-refractivity contribution in [1.82, 2.24) is 4.57 Å². The Bertz CT molecular complexity index is 960. The molecule has 7 nitrogen and oxygen atoms in total. The molecule has 0 fully saturated rings. The van der Waals surface area contributed by atoms with Crippen molar-refractivity contribution >= 4 is 11.8 Å². The summed E-state index contributed by atoms with van der Waals surface area (Å²) in [5.74, 6) is 0.0179. The standard InChI is InChI=1S/C20H21NO6/c1-12(22)4-3-7-27-19-8-13-5-6-21-11-15(20(24)25)17(23)10-16(21)14(13)9-18(19)26-2/h8-11H,3-7H2,1-2H3,(H,24,25). The number of aryl methyl sites for hydroxylation is 2. The molecule has 7 heteroatoms. The molecule has 0 aliphatic carbocycles. The third-order valence-corrected chi connectivity index (χ3v) is 4.58. The maximum atomic E-state index is 12.1. The molecule has 2 heterocycles. The van der Waals surface area contributed by atoms with Crippen LogP contribution in [0.15, 0.2) is 29.2 Å². The van der Waals surface area contributed by atoms with Gasteiger partial charge in [-0.15, -0.1) is 0 Å². The highest BCUT2D eigenvalue weighted by molar-refractivity contribution is 5.87. The van der Waals surface area contributed by atoms with E-state index in [1.165, 1.54) is 19.4 Å². The number of aromatic nitrogens is 1. The van der Waals surface area contributed by atoms with E-state index < -0.39 is 11.4 Å². The Labute approximate surface area is 156 Å². The number of nitrogens with zero attached hydrogens (tertiary/aromatic N) is 1. The molecule has 1 aromatic heterocycles. The van der Waals surface area contributed by atoms with E-state index in [4.69, 9.17) is 14.6 Å². The molecule has 0 atom stereocenters. The van der Waals surface area contributed by atoms with Crippen LogP contribution in [0.2, 0.25) is 0 Å². The van der Waals surface area contributed by atoms with Gasteiger partial charge in [-0.25, -0.2) is 4.79 Å². The lowest BCUT2D eigenvalue weighted by molar-refractivity contribution is -0.117. The van der Waals surface area contributed by atoms with Crippen molar-refractivity contribution in [3.8, 4) is 22.8 Å². The van der Waals surface area contributed by atoms with Gasteiger partial charge in [-0.3, -0.25) is 4.79 Å². The highest BCUT2D eigenvalue weighted by Crippen LogP contribution is 2.38. The highest BCUT2D eigenvalue weighted by atomic mass is 16.5. The van der Waals surface area contributed by atoms with E-state index >= 15 is 0 Å². The Balaban J connectivity index is 1.95. The predicted octanol–water partition coefficient (Wildman–Crippen LogP) is 2.53. The summed E-state index contributed by atoms with van der Waals surface area (Å²) in [6.45, 7) is 2.53. The molecule has 142 valence electrons. The lowest BCUT2D eigenvalue weighted by Gasteiger charge is -2.24. The molecule has 27 heavy (non-hydrogen) atoms. The van der Waals surface area contributed by atoms with Crippen molar-refractivity contribution in [3.63, 3.8) is 0 Å². The molecule has 0 radical (unpaired) electrons. The SMILES string of the molecule is COc1cc2c(cc1OCCCC(C)=O)CCn1cc(C(=O)O)c(=O)cc1-2. The third kappa shape index (κ3) is 3.86. The van der Waals surface area contributed by atoms with Crippen molar-refractivity contribution < 1.29 is 24.2 Å². The fourth-order valence-electron chi connectivity index (χ4n) is 3.22. The molecule has 3 rings (SSSR count).